The van der Waals surface area contributed by atoms with Gasteiger partial charge in [-0.25, -0.2) is 9.67 Å². The molecule has 0 aliphatic heterocycles. The molecule has 144 valence electrons. The first-order valence-corrected chi connectivity index (χ1v) is 8.80. The fourth-order valence-corrected chi connectivity index (χ4v) is 3.39. The van der Waals surface area contributed by atoms with Crippen molar-refractivity contribution in [2.75, 3.05) is 0 Å². The minimum atomic E-state index is -4.54. The van der Waals surface area contributed by atoms with Crippen LogP contribution in [-0.4, -0.2) is 24.5 Å². The molecule has 9 heteroatoms. The molecular formula is C19H15ClF3N5. The summed E-state index contributed by atoms with van der Waals surface area (Å²) in [5.74, 6) is 0. The lowest BCUT2D eigenvalue weighted by Gasteiger charge is -2.11. The zero-order valence-electron chi connectivity index (χ0n) is 15.0. The van der Waals surface area contributed by atoms with Crippen molar-refractivity contribution in [2.24, 2.45) is 7.05 Å². The predicted octanol–water partition coefficient (Wildman–Crippen LogP) is 4.86. The van der Waals surface area contributed by atoms with Crippen LogP contribution in [0.4, 0.5) is 13.2 Å². The van der Waals surface area contributed by atoms with E-state index in [4.69, 9.17) is 11.6 Å². The highest BCUT2D eigenvalue weighted by molar-refractivity contribution is 6.30. The van der Waals surface area contributed by atoms with Crippen molar-refractivity contribution >= 4 is 22.6 Å². The van der Waals surface area contributed by atoms with Gasteiger partial charge in [-0.15, -0.1) is 0 Å². The number of halogens is 4. The first-order valence-electron chi connectivity index (χ1n) is 8.42. The quantitative estimate of drug-likeness (QED) is 0.489. The normalized spacial score (nSPS) is 12.1. The molecule has 4 rings (SSSR count). The van der Waals surface area contributed by atoms with Gasteiger partial charge in [0.05, 0.1) is 28.9 Å². The Morgan fingerprint density at radius 2 is 1.86 bits per heavy atom. The minimum absolute atomic E-state index is 0.00536. The third kappa shape index (κ3) is 3.35. The fraction of sp³-hybridized carbons (Fsp3) is 0.211. The Labute approximate surface area is 163 Å². The third-order valence-electron chi connectivity index (χ3n) is 4.38. The van der Waals surface area contributed by atoms with Crippen molar-refractivity contribution in [1.82, 2.24) is 24.5 Å². The number of hydrogen-bond acceptors (Lipinski definition) is 3. The molecule has 0 fully saturated rings. The van der Waals surface area contributed by atoms with E-state index < -0.39 is 11.7 Å². The van der Waals surface area contributed by atoms with Crippen molar-refractivity contribution in [3.8, 4) is 11.4 Å². The van der Waals surface area contributed by atoms with E-state index in [1.165, 1.54) is 9.36 Å². The van der Waals surface area contributed by atoms with Crippen molar-refractivity contribution in [3.63, 3.8) is 0 Å². The molecule has 0 radical (unpaired) electrons. The fourth-order valence-electron chi connectivity index (χ4n) is 3.18. The van der Waals surface area contributed by atoms with Gasteiger partial charge in [0.2, 0.25) is 0 Å². The summed E-state index contributed by atoms with van der Waals surface area (Å²) in [6, 6.07) is 9.75. The van der Waals surface area contributed by atoms with Gasteiger partial charge in [-0.1, -0.05) is 23.7 Å². The van der Waals surface area contributed by atoms with E-state index in [1.807, 2.05) is 6.07 Å². The lowest BCUT2D eigenvalue weighted by Crippen LogP contribution is -2.08. The summed E-state index contributed by atoms with van der Waals surface area (Å²) in [5.41, 5.74) is 0.983. The third-order valence-corrected chi connectivity index (χ3v) is 4.62. The van der Waals surface area contributed by atoms with E-state index >= 15 is 0 Å². The maximum Gasteiger partial charge on any atom is 0.417 e. The SMILES string of the molecule is Cc1nn(Cc2cccc(Cl)c2)c2nc(-c3ccn(C)n3)cc(C(F)(F)F)c12. The van der Waals surface area contributed by atoms with E-state index in [1.54, 1.807) is 44.4 Å². The van der Waals surface area contributed by atoms with Crippen LogP contribution in [0.25, 0.3) is 22.4 Å². The summed E-state index contributed by atoms with van der Waals surface area (Å²) in [4.78, 5) is 4.46. The van der Waals surface area contributed by atoms with Gasteiger partial charge in [0.15, 0.2) is 5.65 Å². The van der Waals surface area contributed by atoms with Gasteiger partial charge < -0.3 is 0 Å². The van der Waals surface area contributed by atoms with E-state index in [-0.39, 0.29) is 29.0 Å². The van der Waals surface area contributed by atoms with Crippen molar-refractivity contribution in [2.45, 2.75) is 19.6 Å². The molecule has 5 nitrogen and oxygen atoms in total. The molecule has 0 aliphatic carbocycles. The number of pyridine rings is 1. The maximum absolute atomic E-state index is 13.8. The molecule has 0 saturated heterocycles. The summed E-state index contributed by atoms with van der Waals surface area (Å²) in [7, 11) is 1.69. The smallest absolute Gasteiger partial charge is 0.275 e. The second-order valence-corrected chi connectivity index (χ2v) is 6.94. The number of aryl methyl sites for hydroxylation is 2. The van der Waals surface area contributed by atoms with Gasteiger partial charge in [0.25, 0.3) is 0 Å². The molecule has 3 aromatic heterocycles. The van der Waals surface area contributed by atoms with Gasteiger partial charge >= 0.3 is 6.18 Å². The topological polar surface area (TPSA) is 48.5 Å². The van der Waals surface area contributed by atoms with Crippen LogP contribution in [0.2, 0.25) is 5.02 Å². The summed E-state index contributed by atoms with van der Waals surface area (Å²) < 4.78 is 44.3. The Kier molecular flexibility index (Phi) is 4.38. The molecule has 0 amide bonds. The largest absolute Gasteiger partial charge is 0.417 e. The maximum atomic E-state index is 13.8. The Balaban J connectivity index is 1.94. The molecule has 0 atom stereocenters. The Morgan fingerprint density at radius 1 is 1.07 bits per heavy atom. The first kappa shape index (κ1) is 18.5. The molecule has 0 spiro atoms. The van der Waals surface area contributed by atoms with E-state index in [2.05, 4.69) is 15.2 Å². The second-order valence-electron chi connectivity index (χ2n) is 6.50. The summed E-state index contributed by atoms with van der Waals surface area (Å²) in [6.45, 7) is 1.80. The molecule has 28 heavy (non-hydrogen) atoms. The van der Waals surface area contributed by atoms with Crippen LogP contribution < -0.4 is 0 Å². The van der Waals surface area contributed by atoms with Gasteiger partial charge in [0.1, 0.15) is 5.69 Å². The summed E-state index contributed by atoms with van der Waals surface area (Å²) in [5, 5.41) is 9.04. The summed E-state index contributed by atoms with van der Waals surface area (Å²) in [6.07, 6.45) is -2.89. The zero-order chi connectivity index (χ0) is 20.1. The summed E-state index contributed by atoms with van der Waals surface area (Å²) >= 11 is 6.02. The Morgan fingerprint density at radius 3 is 2.50 bits per heavy atom. The molecule has 0 N–H and O–H groups in total. The predicted molar refractivity (Wildman–Crippen MR) is 100 cm³/mol. The van der Waals surface area contributed by atoms with Crippen LogP contribution in [0.5, 0.6) is 0 Å². The van der Waals surface area contributed by atoms with Crippen LogP contribution in [0.15, 0.2) is 42.6 Å². The van der Waals surface area contributed by atoms with E-state index in [0.717, 1.165) is 11.6 Å². The van der Waals surface area contributed by atoms with Gasteiger partial charge in [0, 0.05) is 18.3 Å². The average molecular weight is 406 g/mol. The molecule has 1 aromatic carbocycles. The molecular weight excluding hydrogens is 391 g/mol. The van der Waals surface area contributed by atoms with E-state index in [0.29, 0.717) is 10.7 Å². The highest BCUT2D eigenvalue weighted by Gasteiger charge is 2.36. The van der Waals surface area contributed by atoms with Crippen LogP contribution in [-0.2, 0) is 19.8 Å². The van der Waals surface area contributed by atoms with Crippen LogP contribution in [0.1, 0.15) is 16.8 Å². The lowest BCUT2D eigenvalue weighted by molar-refractivity contribution is -0.136. The highest BCUT2D eigenvalue weighted by Crippen LogP contribution is 2.38. The highest BCUT2D eigenvalue weighted by atomic mass is 35.5. The first-order chi connectivity index (χ1) is 13.2. The van der Waals surface area contributed by atoms with Crippen molar-refractivity contribution < 1.29 is 13.2 Å². The monoisotopic (exact) mass is 405 g/mol. The van der Waals surface area contributed by atoms with Crippen molar-refractivity contribution in [1.29, 1.82) is 0 Å². The molecule has 0 bridgehead atoms. The molecule has 3 heterocycles. The standard InChI is InChI=1S/C19H15ClF3N5/c1-11-17-14(19(21,22)23)9-16(15-6-7-27(2)26-15)24-18(17)28(25-11)10-12-4-3-5-13(20)8-12/h3-9H,10H2,1-2H3. The molecule has 0 unspecified atom stereocenters. The van der Waals surface area contributed by atoms with Gasteiger partial charge in [-0.2, -0.15) is 23.4 Å². The van der Waals surface area contributed by atoms with E-state index in [9.17, 15) is 13.2 Å². The lowest BCUT2D eigenvalue weighted by atomic mass is 10.1. The van der Waals surface area contributed by atoms with Gasteiger partial charge in [-0.05, 0) is 36.8 Å². The number of fused-ring (bicyclic) bond motifs is 1. The second kappa shape index (κ2) is 6.63. The number of rotatable bonds is 3. The van der Waals surface area contributed by atoms with Crippen LogP contribution >= 0.6 is 11.6 Å². The van der Waals surface area contributed by atoms with Crippen LogP contribution in [0.3, 0.4) is 0 Å². The Bertz CT molecular complexity index is 1180. The molecule has 0 saturated carbocycles. The number of aromatic nitrogens is 5. The molecule has 0 aliphatic rings. The average Bonchev–Trinajstić information content (AvgIpc) is 3.18. The number of nitrogens with zero attached hydrogens (tertiary/aromatic N) is 5. The van der Waals surface area contributed by atoms with Crippen LogP contribution in [0, 0.1) is 6.92 Å². The molecule has 4 aromatic rings. The minimum Gasteiger partial charge on any atom is -0.275 e. The number of hydrogen-bond donors (Lipinski definition) is 0. The van der Waals surface area contributed by atoms with Gasteiger partial charge in [-0.3, -0.25) is 4.68 Å². The number of alkyl halides is 3. The Hall–Kier alpha value is -2.87. The number of benzene rings is 1. The van der Waals surface area contributed by atoms with Crippen molar-refractivity contribution in [3.05, 3.63) is 64.4 Å². The zero-order valence-corrected chi connectivity index (χ0v) is 15.8.